The minimum Gasteiger partial charge on any atom is -0.493 e. The summed E-state index contributed by atoms with van der Waals surface area (Å²) in [4.78, 5) is 13.9. The van der Waals surface area contributed by atoms with Crippen molar-refractivity contribution >= 4 is 38.3 Å². The average molecular weight is 516 g/mol. The van der Waals surface area contributed by atoms with E-state index in [0.717, 1.165) is 24.0 Å². The highest BCUT2D eigenvalue weighted by Crippen LogP contribution is 2.36. The van der Waals surface area contributed by atoms with Crippen molar-refractivity contribution in [3.8, 4) is 11.5 Å². The number of hydrogen-bond acceptors (Lipinski definition) is 10. The van der Waals surface area contributed by atoms with E-state index >= 15 is 0 Å². The third-order valence-corrected chi connectivity index (χ3v) is 8.23. The van der Waals surface area contributed by atoms with Crippen LogP contribution in [0.4, 0.5) is 17.6 Å². The van der Waals surface area contributed by atoms with Gasteiger partial charge in [-0.25, -0.2) is 13.4 Å². The van der Waals surface area contributed by atoms with Gasteiger partial charge in [0.25, 0.3) is 0 Å². The minimum absolute atomic E-state index is 0.0870. The molecular weight excluding hydrogens is 482 g/mol. The molecule has 36 heavy (non-hydrogen) atoms. The van der Waals surface area contributed by atoms with Crippen LogP contribution in [0.5, 0.6) is 11.5 Å². The highest BCUT2D eigenvalue weighted by atomic mass is 32.2. The smallest absolute Gasteiger partial charge is 0.227 e. The van der Waals surface area contributed by atoms with E-state index in [1.165, 1.54) is 25.9 Å². The molecule has 0 amide bonds. The monoisotopic (exact) mass is 515 g/mol. The summed E-state index contributed by atoms with van der Waals surface area (Å²) in [5.74, 6) is 3.06. The van der Waals surface area contributed by atoms with Crippen LogP contribution < -0.4 is 19.7 Å². The molecule has 5 rings (SSSR count). The Morgan fingerprint density at radius 3 is 2.53 bits per heavy atom. The van der Waals surface area contributed by atoms with Crippen molar-refractivity contribution in [1.82, 2.24) is 25.1 Å². The summed E-state index contributed by atoms with van der Waals surface area (Å²) in [6.07, 6.45) is 3.49. The fraction of sp³-hybridized carbons (Fsp3) is 0.542. The van der Waals surface area contributed by atoms with Crippen molar-refractivity contribution in [1.29, 1.82) is 0 Å². The number of ether oxygens (including phenoxy) is 2. The average Bonchev–Trinajstić information content (AvgIpc) is 3.53. The van der Waals surface area contributed by atoms with Gasteiger partial charge in [0.05, 0.1) is 30.7 Å². The van der Waals surface area contributed by atoms with Gasteiger partial charge in [0.1, 0.15) is 5.82 Å². The highest BCUT2D eigenvalue weighted by molar-refractivity contribution is 7.91. The second-order valence-corrected chi connectivity index (χ2v) is 11.6. The van der Waals surface area contributed by atoms with E-state index in [9.17, 15) is 8.42 Å². The molecule has 0 atom stereocenters. The number of benzene rings is 1. The second-order valence-electron chi connectivity index (χ2n) is 9.34. The summed E-state index contributed by atoms with van der Waals surface area (Å²) in [7, 11) is -1.41. The Balaban J connectivity index is 1.44. The molecule has 0 unspecified atom stereocenters. The predicted octanol–water partition coefficient (Wildman–Crippen LogP) is 2.51. The van der Waals surface area contributed by atoms with Crippen LogP contribution in [0, 0.1) is 6.92 Å². The molecule has 11 nitrogen and oxygen atoms in total. The first kappa shape index (κ1) is 24.6. The van der Waals surface area contributed by atoms with Crippen molar-refractivity contribution in [2.45, 2.75) is 26.2 Å². The van der Waals surface area contributed by atoms with E-state index in [4.69, 9.17) is 19.4 Å². The number of rotatable bonds is 9. The zero-order valence-electron chi connectivity index (χ0n) is 20.8. The number of likely N-dealkylation sites (tertiary alicyclic amines) is 1. The molecule has 2 saturated heterocycles. The number of anilines is 3. The lowest BCUT2D eigenvalue weighted by Gasteiger charge is -2.27. The number of sulfone groups is 1. The Labute approximate surface area is 211 Å². The van der Waals surface area contributed by atoms with Gasteiger partial charge >= 0.3 is 0 Å². The van der Waals surface area contributed by atoms with Crippen LogP contribution >= 0.6 is 0 Å². The molecule has 2 N–H and O–H groups in total. The number of H-pyrrole nitrogens is 1. The van der Waals surface area contributed by atoms with Gasteiger partial charge in [-0.1, -0.05) is 0 Å². The minimum atomic E-state index is -3.02. The normalized spacial score (nSPS) is 18.0. The lowest BCUT2D eigenvalue weighted by atomic mass is 10.2. The second kappa shape index (κ2) is 10.5. The summed E-state index contributed by atoms with van der Waals surface area (Å²) in [5, 5.41) is 11.2. The molecule has 0 spiro atoms. The van der Waals surface area contributed by atoms with Crippen molar-refractivity contribution in [3.63, 3.8) is 0 Å². The van der Waals surface area contributed by atoms with E-state index in [1.54, 1.807) is 7.11 Å². The predicted molar refractivity (Wildman–Crippen MR) is 139 cm³/mol. The summed E-state index contributed by atoms with van der Waals surface area (Å²) >= 11 is 0. The quantitative estimate of drug-likeness (QED) is 0.411. The number of aryl methyl sites for hydroxylation is 1. The van der Waals surface area contributed by atoms with Crippen LogP contribution in [0.25, 0.3) is 10.9 Å². The van der Waals surface area contributed by atoms with Crippen LogP contribution in [0.1, 0.15) is 25.0 Å². The van der Waals surface area contributed by atoms with Crippen LogP contribution in [0.15, 0.2) is 18.2 Å². The molecule has 2 fully saturated rings. The molecule has 0 saturated carbocycles. The first-order valence-corrected chi connectivity index (χ1v) is 14.2. The van der Waals surface area contributed by atoms with Gasteiger partial charge in [0.2, 0.25) is 5.95 Å². The Morgan fingerprint density at radius 2 is 1.83 bits per heavy atom. The molecule has 0 radical (unpaired) electrons. The Bertz CT molecular complexity index is 1310. The van der Waals surface area contributed by atoms with E-state index in [1.807, 2.05) is 30.0 Å². The first-order chi connectivity index (χ1) is 17.4. The van der Waals surface area contributed by atoms with Gasteiger partial charge in [-0.3, -0.25) is 5.10 Å². The maximum atomic E-state index is 11.9. The van der Waals surface area contributed by atoms with Crippen molar-refractivity contribution in [2.24, 2.45) is 0 Å². The van der Waals surface area contributed by atoms with Gasteiger partial charge in [-0.2, -0.15) is 10.1 Å². The van der Waals surface area contributed by atoms with Crippen LogP contribution in [0.2, 0.25) is 0 Å². The van der Waals surface area contributed by atoms with Gasteiger partial charge in [-0.05, 0) is 45.3 Å². The molecule has 1 aromatic carbocycles. The Kier molecular flexibility index (Phi) is 7.15. The maximum absolute atomic E-state index is 11.9. The maximum Gasteiger partial charge on any atom is 0.227 e. The topological polar surface area (TPSA) is 126 Å². The third kappa shape index (κ3) is 5.65. The van der Waals surface area contributed by atoms with Crippen molar-refractivity contribution in [2.75, 3.05) is 68.2 Å². The lowest BCUT2D eigenvalue weighted by Crippen LogP contribution is -2.41. The van der Waals surface area contributed by atoms with Gasteiger partial charge < -0.3 is 24.6 Å². The fourth-order valence-corrected chi connectivity index (χ4v) is 5.83. The van der Waals surface area contributed by atoms with E-state index in [-0.39, 0.29) is 11.5 Å². The Morgan fingerprint density at radius 1 is 1.06 bits per heavy atom. The largest absolute Gasteiger partial charge is 0.493 e. The summed E-state index contributed by atoms with van der Waals surface area (Å²) in [5.41, 5.74) is 1.60. The number of hydrogen-bond donors (Lipinski definition) is 2. The molecule has 2 aliphatic heterocycles. The molecular formula is C24H33N7O4S. The van der Waals surface area contributed by atoms with E-state index < -0.39 is 9.84 Å². The standard InChI is InChI=1S/C24H33N7O4S/c1-17-14-22(29-28-17)26-23-18-15-20(34-2)21(35-11-5-8-30-6-3-4-7-30)16-19(18)25-24(27-23)31-9-12-36(32,33)13-10-31/h14-16H,3-13H2,1-2H3,(H2,25,26,27,28,29). The first-order valence-electron chi connectivity index (χ1n) is 12.4. The molecule has 194 valence electrons. The number of aromatic nitrogens is 4. The zero-order valence-corrected chi connectivity index (χ0v) is 21.6. The number of nitrogens with zero attached hydrogens (tertiary/aromatic N) is 5. The van der Waals surface area contributed by atoms with Gasteiger partial charge in [0, 0.05) is 42.8 Å². The van der Waals surface area contributed by atoms with E-state index in [0.29, 0.717) is 54.3 Å². The van der Waals surface area contributed by atoms with Crippen LogP contribution in [-0.4, -0.2) is 91.4 Å². The summed E-state index contributed by atoms with van der Waals surface area (Å²) in [6, 6.07) is 5.63. The highest BCUT2D eigenvalue weighted by Gasteiger charge is 2.25. The van der Waals surface area contributed by atoms with Crippen LogP contribution in [0.3, 0.4) is 0 Å². The molecule has 2 aliphatic rings. The third-order valence-electron chi connectivity index (χ3n) is 6.62. The van der Waals surface area contributed by atoms with Crippen molar-refractivity contribution < 1.29 is 17.9 Å². The molecule has 4 heterocycles. The van der Waals surface area contributed by atoms with Crippen molar-refractivity contribution in [3.05, 3.63) is 23.9 Å². The number of methoxy groups -OCH3 is 1. The molecule has 12 heteroatoms. The van der Waals surface area contributed by atoms with E-state index in [2.05, 4.69) is 20.4 Å². The lowest BCUT2D eigenvalue weighted by molar-refractivity contribution is 0.254. The fourth-order valence-electron chi connectivity index (χ4n) is 4.63. The van der Waals surface area contributed by atoms with Crippen LogP contribution in [-0.2, 0) is 9.84 Å². The molecule has 3 aromatic rings. The SMILES string of the molecule is COc1cc2c(Nc3cc(C)[nH]n3)nc(N3CCS(=O)(=O)CC3)nc2cc1OCCCN1CCCC1. The Hall–Kier alpha value is -3.12. The molecule has 0 bridgehead atoms. The summed E-state index contributed by atoms with van der Waals surface area (Å²) < 4.78 is 35.7. The van der Waals surface area contributed by atoms with Gasteiger partial charge in [-0.15, -0.1) is 0 Å². The number of fused-ring (bicyclic) bond motifs is 1. The molecule has 0 aliphatic carbocycles. The number of nitrogens with one attached hydrogen (secondary N) is 2. The number of aromatic amines is 1. The zero-order chi connectivity index (χ0) is 25.1. The van der Waals surface area contributed by atoms with Gasteiger partial charge in [0.15, 0.2) is 27.2 Å². The summed E-state index contributed by atoms with van der Waals surface area (Å²) in [6.45, 7) is 6.57. The molecule has 2 aromatic heterocycles.